The minimum atomic E-state index is -0.500. The van der Waals surface area contributed by atoms with Gasteiger partial charge in [-0.3, -0.25) is 19.8 Å². The number of likely N-dealkylation sites (tertiary alicyclic amines) is 1. The third-order valence-corrected chi connectivity index (χ3v) is 12.4. The number of rotatable bonds is 9. The monoisotopic (exact) mass is 779 g/mol. The Morgan fingerprint density at radius 1 is 0.929 bits per heavy atom. The number of halogens is 2. The Morgan fingerprint density at radius 2 is 1.71 bits per heavy atom. The molecule has 3 saturated heterocycles. The van der Waals surface area contributed by atoms with Crippen LogP contribution in [0.3, 0.4) is 0 Å². The highest BCUT2D eigenvalue weighted by molar-refractivity contribution is 6.31. The second-order valence-electron chi connectivity index (χ2n) is 15.6. The maximum Gasteiger partial charge on any atom is 0.328 e. The van der Waals surface area contributed by atoms with Gasteiger partial charge in [-0.15, -0.1) is 0 Å². The van der Waals surface area contributed by atoms with Crippen molar-refractivity contribution in [2.24, 2.45) is 5.92 Å². The topological polar surface area (TPSA) is 123 Å². The summed E-state index contributed by atoms with van der Waals surface area (Å²) in [4.78, 5) is 43.8. The van der Waals surface area contributed by atoms with Gasteiger partial charge in [0.05, 0.1) is 33.5 Å². The molecule has 1 saturated carbocycles. The fourth-order valence-electron chi connectivity index (χ4n) is 8.96. The number of ether oxygens (including phenoxy) is 1. The number of nitriles is 1. The van der Waals surface area contributed by atoms with E-state index < -0.39 is 5.82 Å². The number of piperidine rings is 2. The first-order chi connectivity index (χ1) is 27.2. The second kappa shape index (κ2) is 16.5. The van der Waals surface area contributed by atoms with Crippen LogP contribution in [0, 0.1) is 23.1 Å². The first kappa shape index (κ1) is 37.8. The molecular formula is C43H47ClFN7O4. The normalized spacial score (nSPS) is 21.5. The van der Waals surface area contributed by atoms with E-state index >= 15 is 4.39 Å². The maximum absolute atomic E-state index is 15.4. The van der Waals surface area contributed by atoms with E-state index in [2.05, 4.69) is 43.3 Å². The van der Waals surface area contributed by atoms with Crippen molar-refractivity contribution in [3.8, 4) is 11.8 Å². The van der Waals surface area contributed by atoms with Crippen LogP contribution in [0.15, 0.2) is 66.9 Å². The molecule has 4 amide bonds. The lowest BCUT2D eigenvalue weighted by Crippen LogP contribution is -2.49. The molecule has 1 aromatic heterocycles. The Balaban J connectivity index is 0.775. The van der Waals surface area contributed by atoms with E-state index in [1.807, 2.05) is 24.3 Å². The predicted molar refractivity (Wildman–Crippen MR) is 214 cm³/mol. The summed E-state index contributed by atoms with van der Waals surface area (Å²) in [6, 6.07) is 20.2. The zero-order valence-electron chi connectivity index (χ0n) is 31.4. The quantitative estimate of drug-likeness (QED) is 0.181. The van der Waals surface area contributed by atoms with E-state index in [0.717, 1.165) is 106 Å². The van der Waals surface area contributed by atoms with Crippen molar-refractivity contribution in [2.75, 3.05) is 49.1 Å². The molecule has 13 heteroatoms. The Hall–Kier alpha value is -5.12. The highest BCUT2D eigenvalue weighted by atomic mass is 35.5. The number of urea groups is 1. The number of carbonyl (C=O) groups excluding carboxylic acids is 3. The van der Waals surface area contributed by atoms with Gasteiger partial charge in [-0.25, -0.2) is 9.18 Å². The number of aromatic nitrogens is 1. The van der Waals surface area contributed by atoms with E-state index in [1.165, 1.54) is 6.07 Å². The average molecular weight is 780 g/mol. The molecule has 11 nitrogen and oxygen atoms in total. The van der Waals surface area contributed by atoms with Crippen LogP contribution >= 0.6 is 11.6 Å². The summed E-state index contributed by atoms with van der Waals surface area (Å²) in [5.74, 6) is 0.0815. The van der Waals surface area contributed by atoms with Crippen molar-refractivity contribution in [3.05, 3.63) is 88.8 Å². The zero-order chi connectivity index (χ0) is 38.8. The third kappa shape index (κ3) is 8.20. The van der Waals surface area contributed by atoms with Gasteiger partial charge in [-0.05, 0) is 106 Å². The van der Waals surface area contributed by atoms with E-state index in [0.29, 0.717) is 41.3 Å². The number of nitrogens with one attached hydrogen (secondary N) is 2. The molecule has 0 atom stereocenters. The van der Waals surface area contributed by atoms with Gasteiger partial charge in [-0.1, -0.05) is 17.7 Å². The van der Waals surface area contributed by atoms with Crippen LogP contribution in [0.25, 0.3) is 10.9 Å². The van der Waals surface area contributed by atoms with Crippen molar-refractivity contribution < 1.29 is 23.5 Å². The van der Waals surface area contributed by atoms with Crippen molar-refractivity contribution in [1.29, 1.82) is 5.26 Å². The third-order valence-electron chi connectivity index (χ3n) is 12.1. The van der Waals surface area contributed by atoms with Gasteiger partial charge >= 0.3 is 6.03 Å². The smallest absolute Gasteiger partial charge is 0.328 e. The Labute approximate surface area is 331 Å². The summed E-state index contributed by atoms with van der Waals surface area (Å²) < 4.78 is 23.8. The first-order valence-electron chi connectivity index (χ1n) is 19.9. The molecular weight excluding hydrogens is 733 g/mol. The molecule has 1 aliphatic carbocycles. The SMILES string of the molecule is N#Cc1ccc(OC2CCC(NC(=O)c3ccc(N4CCC(CN5CCC(n6ccc7c(N8CCC(=O)NC8=O)cccc76)CC5)CC4)cc3F)CC2)cc1Cl. The number of imide groups is 1. The summed E-state index contributed by atoms with van der Waals surface area (Å²) in [6.45, 7) is 5.21. The molecule has 4 fully saturated rings. The summed E-state index contributed by atoms with van der Waals surface area (Å²) in [5.41, 5.74) is 3.24. The summed E-state index contributed by atoms with van der Waals surface area (Å²) in [5, 5.41) is 15.9. The molecule has 0 spiro atoms. The second-order valence-corrected chi connectivity index (χ2v) is 16.0. The summed E-state index contributed by atoms with van der Waals surface area (Å²) in [6.07, 6.45) is 9.55. The molecule has 4 aliphatic rings. The lowest BCUT2D eigenvalue weighted by Gasteiger charge is -2.38. The highest BCUT2D eigenvalue weighted by Gasteiger charge is 2.30. The molecule has 0 bridgehead atoms. The minimum absolute atomic E-state index is 0.0141. The van der Waals surface area contributed by atoms with Crippen LogP contribution in [0.5, 0.6) is 5.75 Å². The molecule has 56 heavy (non-hydrogen) atoms. The molecule has 4 heterocycles. The number of nitrogens with zero attached hydrogens (tertiary/aromatic N) is 5. The molecule has 3 aromatic carbocycles. The summed E-state index contributed by atoms with van der Waals surface area (Å²) >= 11 is 6.14. The average Bonchev–Trinajstić information content (AvgIpc) is 3.64. The minimum Gasteiger partial charge on any atom is -0.490 e. The van der Waals surface area contributed by atoms with Gasteiger partial charge in [0.1, 0.15) is 17.6 Å². The van der Waals surface area contributed by atoms with E-state index in [-0.39, 0.29) is 35.6 Å². The van der Waals surface area contributed by atoms with Crippen molar-refractivity contribution in [2.45, 2.75) is 76.0 Å². The molecule has 0 unspecified atom stereocenters. The van der Waals surface area contributed by atoms with Gasteiger partial charge in [0.15, 0.2) is 0 Å². The number of fused-ring (bicyclic) bond motifs is 1. The van der Waals surface area contributed by atoms with Crippen molar-refractivity contribution in [3.63, 3.8) is 0 Å². The fraction of sp³-hybridized carbons (Fsp3) is 0.442. The summed E-state index contributed by atoms with van der Waals surface area (Å²) in [7, 11) is 0. The lowest BCUT2D eigenvalue weighted by atomic mass is 9.92. The van der Waals surface area contributed by atoms with Crippen LogP contribution in [-0.2, 0) is 4.79 Å². The molecule has 4 aromatic rings. The lowest BCUT2D eigenvalue weighted by molar-refractivity contribution is -0.120. The fourth-order valence-corrected chi connectivity index (χ4v) is 9.18. The Bertz CT molecular complexity index is 2150. The van der Waals surface area contributed by atoms with Gasteiger partial charge < -0.3 is 24.4 Å². The Morgan fingerprint density at radius 3 is 2.43 bits per heavy atom. The van der Waals surface area contributed by atoms with Gasteiger partial charge in [0.25, 0.3) is 5.91 Å². The van der Waals surface area contributed by atoms with Crippen LogP contribution < -0.4 is 25.2 Å². The standard InChI is InChI=1S/C43H47ClFN7O4/c44-37-25-34(8-4-29(37)26-46)56-33-9-5-30(6-10-33)47-42(54)35-11-7-32(24-38(35)45)50-20-12-28(13-21-50)27-49-18-14-31(15-19-49)51-22-16-36-39(51)2-1-3-40(36)52-23-17-41(53)48-43(52)55/h1-4,7-8,11,16,22,24-25,28,30-31,33H,5-6,9-10,12-15,17-21,23,27H2,(H,47,54)(H,48,53,55). The van der Waals surface area contributed by atoms with Crippen LogP contribution in [0.1, 0.15) is 79.8 Å². The van der Waals surface area contributed by atoms with Crippen LogP contribution in [-0.4, -0.2) is 78.7 Å². The number of amides is 4. The van der Waals surface area contributed by atoms with Crippen LogP contribution in [0.4, 0.5) is 20.6 Å². The van der Waals surface area contributed by atoms with Gasteiger partial charge in [0, 0.05) is 81.1 Å². The van der Waals surface area contributed by atoms with Crippen LogP contribution in [0.2, 0.25) is 5.02 Å². The molecule has 8 rings (SSSR count). The van der Waals surface area contributed by atoms with Crippen molar-refractivity contribution >= 4 is 51.7 Å². The highest BCUT2D eigenvalue weighted by Crippen LogP contribution is 2.35. The number of anilines is 2. The van der Waals surface area contributed by atoms with E-state index in [1.54, 1.807) is 29.2 Å². The van der Waals surface area contributed by atoms with E-state index in [4.69, 9.17) is 21.6 Å². The van der Waals surface area contributed by atoms with E-state index in [9.17, 15) is 14.4 Å². The first-order valence-corrected chi connectivity index (χ1v) is 20.2. The molecule has 2 N–H and O–H groups in total. The number of benzene rings is 3. The molecule has 292 valence electrons. The number of hydrogen-bond donors (Lipinski definition) is 2. The zero-order valence-corrected chi connectivity index (χ0v) is 32.1. The largest absolute Gasteiger partial charge is 0.490 e. The van der Waals surface area contributed by atoms with Crippen molar-refractivity contribution in [1.82, 2.24) is 20.1 Å². The maximum atomic E-state index is 15.4. The molecule has 3 aliphatic heterocycles. The number of hydrogen-bond acceptors (Lipinski definition) is 7. The Kier molecular flexibility index (Phi) is 11.2. The van der Waals surface area contributed by atoms with Gasteiger partial charge in [0.2, 0.25) is 5.91 Å². The molecule has 0 radical (unpaired) electrons. The predicted octanol–water partition coefficient (Wildman–Crippen LogP) is 7.43. The van der Waals surface area contributed by atoms with Gasteiger partial charge in [-0.2, -0.15) is 5.26 Å². The number of carbonyl (C=O) groups is 3.